The summed E-state index contributed by atoms with van der Waals surface area (Å²) in [4.78, 5) is 12.1. The molecule has 0 aliphatic heterocycles. The van der Waals surface area contributed by atoms with E-state index in [1.807, 2.05) is 26.0 Å². The highest BCUT2D eigenvalue weighted by Gasteiger charge is 2.09. The van der Waals surface area contributed by atoms with Gasteiger partial charge in [-0.1, -0.05) is 28.1 Å². The van der Waals surface area contributed by atoms with Gasteiger partial charge in [0.2, 0.25) is 0 Å². The number of methoxy groups -OCH3 is 1. The molecule has 0 N–H and O–H groups in total. The summed E-state index contributed by atoms with van der Waals surface area (Å²) in [6.45, 7) is 4.00. The molecule has 2 rings (SSSR count). The van der Waals surface area contributed by atoms with Gasteiger partial charge < -0.3 is 9.47 Å². The summed E-state index contributed by atoms with van der Waals surface area (Å²) in [5.74, 6) is 1.28. The SMILES string of the molecule is COc1cccc(C(=O)COc2cc(C)c(Br)c(C)c2)c1. The largest absolute Gasteiger partial charge is 0.497 e. The smallest absolute Gasteiger partial charge is 0.200 e. The van der Waals surface area contributed by atoms with E-state index >= 15 is 0 Å². The van der Waals surface area contributed by atoms with Crippen LogP contribution >= 0.6 is 15.9 Å². The summed E-state index contributed by atoms with van der Waals surface area (Å²) in [6, 6.07) is 10.9. The maximum absolute atomic E-state index is 12.1. The average molecular weight is 349 g/mol. The minimum atomic E-state index is -0.0767. The van der Waals surface area contributed by atoms with Crippen LogP contribution in [-0.2, 0) is 0 Å². The monoisotopic (exact) mass is 348 g/mol. The predicted octanol–water partition coefficient (Wildman–Crippen LogP) is 4.34. The number of Topliss-reactive ketones (excluding diaryl/α,β-unsaturated/α-hetero) is 1. The quantitative estimate of drug-likeness (QED) is 0.754. The van der Waals surface area contributed by atoms with Gasteiger partial charge in [-0.15, -0.1) is 0 Å². The molecule has 0 bridgehead atoms. The van der Waals surface area contributed by atoms with Crippen molar-refractivity contribution in [2.75, 3.05) is 13.7 Å². The van der Waals surface area contributed by atoms with Crippen molar-refractivity contribution in [3.05, 3.63) is 57.6 Å². The second-order valence-electron chi connectivity index (χ2n) is 4.81. The number of hydrogen-bond donors (Lipinski definition) is 0. The third-order valence-electron chi connectivity index (χ3n) is 3.17. The Kier molecular flexibility index (Phi) is 5.02. The molecular formula is C17H17BrO3. The van der Waals surface area contributed by atoms with Crippen LogP contribution in [0.4, 0.5) is 0 Å². The van der Waals surface area contributed by atoms with Crippen molar-refractivity contribution in [2.45, 2.75) is 13.8 Å². The Morgan fingerprint density at radius 2 is 1.76 bits per heavy atom. The van der Waals surface area contributed by atoms with Crippen molar-refractivity contribution < 1.29 is 14.3 Å². The standard InChI is InChI=1S/C17H17BrO3/c1-11-7-15(8-12(2)17(11)18)21-10-16(19)13-5-4-6-14(9-13)20-3/h4-9H,10H2,1-3H3. The van der Waals surface area contributed by atoms with Crippen LogP contribution in [0.25, 0.3) is 0 Å². The lowest BCUT2D eigenvalue weighted by atomic mass is 10.1. The third-order valence-corrected chi connectivity index (χ3v) is 4.42. The number of carbonyl (C=O) groups is 1. The van der Waals surface area contributed by atoms with Crippen LogP contribution in [0, 0.1) is 13.8 Å². The highest BCUT2D eigenvalue weighted by atomic mass is 79.9. The molecule has 0 aliphatic carbocycles. The zero-order valence-corrected chi connectivity index (χ0v) is 13.9. The topological polar surface area (TPSA) is 35.5 Å². The van der Waals surface area contributed by atoms with E-state index in [9.17, 15) is 4.79 Å². The van der Waals surface area contributed by atoms with Crippen molar-refractivity contribution in [3.8, 4) is 11.5 Å². The van der Waals surface area contributed by atoms with Gasteiger partial charge in [0.1, 0.15) is 11.5 Å². The summed E-state index contributed by atoms with van der Waals surface area (Å²) in [5, 5.41) is 0. The van der Waals surface area contributed by atoms with E-state index in [1.54, 1.807) is 31.4 Å². The molecule has 0 unspecified atom stereocenters. The Balaban J connectivity index is 2.07. The van der Waals surface area contributed by atoms with Crippen LogP contribution in [-0.4, -0.2) is 19.5 Å². The minimum absolute atomic E-state index is 0.00762. The van der Waals surface area contributed by atoms with E-state index in [0.29, 0.717) is 17.1 Å². The molecule has 4 heteroatoms. The average Bonchev–Trinajstić information content (AvgIpc) is 2.50. The number of ketones is 1. The second kappa shape index (κ2) is 6.76. The van der Waals surface area contributed by atoms with Gasteiger partial charge in [-0.3, -0.25) is 4.79 Å². The number of aryl methyl sites for hydroxylation is 2. The van der Waals surface area contributed by atoms with Crippen LogP contribution in [0.15, 0.2) is 40.9 Å². The van der Waals surface area contributed by atoms with E-state index in [4.69, 9.17) is 9.47 Å². The molecule has 0 spiro atoms. The highest BCUT2D eigenvalue weighted by molar-refractivity contribution is 9.10. The van der Waals surface area contributed by atoms with Crippen molar-refractivity contribution in [3.63, 3.8) is 0 Å². The molecule has 2 aromatic rings. The number of hydrogen-bond acceptors (Lipinski definition) is 3. The lowest BCUT2D eigenvalue weighted by molar-refractivity contribution is 0.0921. The molecule has 0 radical (unpaired) electrons. The predicted molar refractivity (Wildman–Crippen MR) is 86.4 cm³/mol. The molecule has 0 atom stereocenters. The summed E-state index contributed by atoms with van der Waals surface area (Å²) in [6.07, 6.45) is 0. The van der Waals surface area contributed by atoms with Crippen LogP contribution in [0.1, 0.15) is 21.5 Å². The van der Waals surface area contributed by atoms with Crippen molar-refractivity contribution >= 4 is 21.7 Å². The summed E-state index contributed by atoms with van der Waals surface area (Å²) in [7, 11) is 1.58. The Hall–Kier alpha value is -1.81. The molecule has 110 valence electrons. The fourth-order valence-corrected chi connectivity index (χ4v) is 2.25. The van der Waals surface area contributed by atoms with Crippen LogP contribution in [0.2, 0.25) is 0 Å². The fraction of sp³-hybridized carbons (Fsp3) is 0.235. The second-order valence-corrected chi connectivity index (χ2v) is 5.61. The molecule has 0 amide bonds. The lowest BCUT2D eigenvalue weighted by Crippen LogP contribution is -2.11. The number of ether oxygens (including phenoxy) is 2. The molecule has 0 fully saturated rings. The molecule has 0 aliphatic rings. The molecule has 0 saturated carbocycles. The Morgan fingerprint density at radius 3 is 2.38 bits per heavy atom. The number of halogens is 1. The zero-order chi connectivity index (χ0) is 15.4. The van der Waals surface area contributed by atoms with Gasteiger partial charge >= 0.3 is 0 Å². The maximum atomic E-state index is 12.1. The maximum Gasteiger partial charge on any atom is 0.200 e. The molecule has 2 aromatic carbocycles. The van der Waals surface area contributed by atoms with E-state index in [1.165, 1.54) is 0 Å². The van der Waals surface area contributed by atoms with Crippen LogP contribution < -0.4 is 9.47 Å². The van der Waals surface area contributed by atoms with E-state index in [0.717, 1.165) is 15.6 Å². The Labute approximate surface area is 133 Å². The van der Waals surface area contributed by atoms with E-state index < -0.39 is 0 Å². The fourth-order valence-electron chi connectivity index (χ4n) is 2.02. The molecule has 0 saturated heterocycles. The van der Waals surface area contributed by atoms with E-state index in [2.05, 4.69) is 15.9 Å². The molecule has 0 aromatic heterocycles. The zero-order valence-electron chi connectivity index (χ0n) is 12.3. The molecule has 0 heterocycles. The van der Waals surface area contributed by atoms with Crippen LogP contribution in [0.3, 0.4) is 0 Å². The highest BCUT2D eigenvalue weighted by Crippen LogP contribution is 2.26. The van der Waals surface area contributed by atoms with E-state index in [-0.39, 0.29) is 12.4 Å². The first-order valence-corrected chi connectivity index (χ1v) is 7.37. The van der Waals surface area contributed by atoms with Crippen molar-refractivity contribution in [1.82, 2.24) is 0 Å². The first-order chi connectivity index (χ1) is 10.0. The number of benzene rings is 2. The normalized spacial score (nSPS) is 10.3. The molecular weight excluding hydrogens is 332 g/mol. The first-order valence-electron chi connectivity index (χ1n) is 6.58. The Bertz CT molecular complexity index is 642. The van der Waals surface area contributed by atoms with Crippen molar-refractivity contribution in [1.29, 1.82) is 0 Å². The number of carbonyl (C=O) groups excluding carboxylic acids is 1. The Morgan fingerprint density at radius 1 is 1.10 bits per heavy atom. The van der Waals surface area contributed by atoms with Crippen molar-refractivity contribution in [2.24, 2.45) is 0 Å². The van der Waals surface area contributed by atoms with Gasteiger partial charge in [0.05, 0.1) is 7.11 Å². The number of rotatable bonds is 5. The van der Waals surface area contributed by atoms with Crippen LogP contribution in [0.5, 0.6) is 11.5 Å². The third kappa shape index (κ3) is 3.85. The van der Waals surface area contributed by atoms with Gasteiger partial charge in [-0.05, 0) is 49.2 Å². The first kappa shape index (κ1) is 15.6. The summed E-state index contributed by atoms with van der Waals surface area (Å²) < 4.78 is 11.8. The van der Waals surface area contributed by atoms with Gasteiger partial charge in [0.15, 0.2) is 12.4 Å². The molecule has 3 nitrogen and oxygen atoms in total. The van der Waals surface area contributed by atoms with Gasteiger partial charge in [-0.2, -0.15) is 0 Å². The van der Waals surface area contributed by atoms with Gasteiger partial charge in [0, 0.05) is 10.0 Å². The minimum Gasteiger partial charge on any atom is -0.497 e. The lowest BCUT2D eigenvalue weighted by Gasteiger charge is -2.10. The summed E-state index contributed by atoms with van der Waals surface area (Å²) in [5.41, 5.74) is 2.75. The van der Waals surface area contributed by atoms with Gasteiger partial charge in [0.25, 0.3) is 0 Å². The molecule has 21 heavy (non-hydrogen) atoms. The summed E-state index contributed by atoms with van der Waals surface area (Å²) >= 11 is 3.51. The van der Waals surface area contributed by atoms with Gasteiger partial charge in [-0.25, -0.2) is 0 Å².